The van der Waals surface area contributed by atoms with E-state index in [-0.39, 0.29) is 30.1 Å². The molecule has 0 aromatic heterocycles. The van der Waals surface area contributed by atoms with Gasteiger partial charge in [0.1, 0.15) is 11.4 Å². The Kier molecular flexibility index (Phi) is 6.16. The summed E-state index contributed by atoms with van der Waals surface area (Å²) in [4.78, 5) is 15.0. The molecule has 0 radical (unpaired) electrons. The Balaban J connectivity index is 0.00000245. The average molecular weight is 477 g/mol. The Labute approximate surface area is 195 Å². The highest BCUT2D eigenvalue weighted by atomic mass is 35.5. The third kappa shape index (κ3) is 4.59. The summed E-state index contributed by atoms with van der Waals surface area (Å²) in [5.74, 6) is 1.21. The molecule has 32 heavy (non-hydrogen) atoms. The molecular weight excluding hydrogens is 448 g/mol. The van der Waals surface area contributed by atoms with Crippen LogP contribution < -0.4 is 10.1 Å². The van der Waals surface area contributed by atoms with Crippen LogP contribution in [0.2, 0.25) is 0 Å². The van der Waals surface area contributed by atoms with Gasteiger partial charge in [-0.1, -0.05) is 30.3 Å². The number of rotatable bonds is 3. The van der Waals surface area contributed by atoms with E-state index in [1.165, 1.54) is 11.8 Å². The van der Waals surface area contributed by atoms with Crippen molar-refractivity contribution < 1.29 is 17.9 Å². The fourth-order valence-corrected chi connectivity index (χ4v) is 5.54. The zero-order valence-electron chi connectivity index (χ0n) is 18.1. The highest BCUT2D eigenvalue weighted by Crippen LogP contribution is 2.42. The van der Waals surface area contributed by atoms with Crippen molar-refractivity contribution in [1.29, 1.82) is 0 Å². The number of sulfone groups is 1. The highest BCUT2D eigenvalue weighted by Gasteiger charge is 2.43. The maximum Gasteiger partial charge on any atom is 0.317 e. The van der Waals surface area contributed by atoms with Crippen molar-refractivity contribution in [2.24, 2.45) is 0 Å². The second-order valence-electron chi connectivity index (χ2n) is 9.12. The van der Waals surface area contributed by atoms with E-state index in [0.29, 0.717) is 23.9 Å². The van der Waals surface area contributed by atoms with Gasteiger partial charge in [-0.3, -0.25) is 0 Å². The summed E-state index contributed by atoms with van der Waals surface area (Å²) in [7, 11) is -3.22. The van der Waals surface area contributed by atoms with Gasteiger partial charge in [0.2, 0.25) is 0 Å². The molecule has 172 valence electrons. The number of hydrogen-bond acceptors (Lipinski definition) is 4. The van der Waals surface area contributed by atoms with Gasteiger partial charge in [-0.15, -0.1) is 12.4 Å². The maximum atomic E-state index is 12.7. The third-order valence-electron chi connectivity index (χ3n) is 6.93. The van der Waals surface area contributed by atoms with Gasteiger partial charge in [0.15, 0.2) is 9.84 Å². The number of nitrogens with one attached hydrogen (secondary N) is 1. The van der Waals surface area contributed by atoms with E-state index < -0.39 is 9.84 Å². The van der Waals surface area contributed by atoms with Crippen LogP contribution in [0, 0.1) is 0 Å². The number of carbonyl (C=O) groups excluding carboxylic acids is 1. The van der Waals surface area contributed by atoms with Gasteiger partial charge in [0.05, 0.1) is 4.90 Å². The van der Waals surface area contributed by atoms with Crippen LogP contribution in [-0.4, -0.2) is 50.3 Å². The topological polar surface area (TPSA) is 75.7 Å². The SMILES string of the molecule is CS(=O)(=O)c1ccc2c(c1)CCC1(CCN(C(=O)N[C@H]3C[C@@H]3c3ccccc3)CC1)O2.Cl. The van der Waals surface area contributed by atoms with Gasteiger partial charge in [-0.25, -0.2) is 13.2 Å². The van der Waals surface area contributed by atoms with E-state index in [1.807, 2.05) is 23.1 Å². The molecule has 1 saturated heterocycles. The molecule has 3 aliphatic rings. The largest absolute Gasteiger partial charge is 0.487 e. The first-order valence-electron chi connectivity index (χ1n) is 11.0. The Morgan fingerprint density at radius 2 is 1.81 bits per heavy atom. The fraction of sp³-hybridized carbons (Fsp3) is 0.458. The smallest absolute Gasteiger partial charge is 0.317 e. The van der Waals surface area contributed by atoms with Crippen LogP contribution >= 0.6 is 12.4 Å². The molecule has 8 heteroatoms. The van der Waals surface area contributed by atoms with Crippen molar-refractivity contribution in [3.05, 3.63) is 59.7 Å². The maximum absolute atomic E-state index is 12.7. The molecule has 2 atom stereocenters. The minimum Gasteiger partial charge on any atom is -0.487 e. The number of ether oxygens (including phenoxy) is 1. The molecule has 5 rings (SSSR count). The number of piperidine rings is 1. The van der Waals surface area contributed by atoms with Crippen molar-refractivity contribution in [1.82, 2.24) is 10.2 Å². The van der Waals surface area contributed by atoms with Crippen molar-refractivity contribution in [2.75, 3.05) is 19.3 Å². The second-order valence-corrected chi connectivity index (χ2v) is 11.1. The quantitative estimate of drug-likeness (QED) is 0.728. The minimum atomic E-state index is -3.22. The van der Waals surface area contributed by atoms with Crippen molar-refractivity contribution >= 4 is 28.3 Å². The lowest BCUT2D eigenvalue weighted by molar-refractivity contribution is -0.00562. The lowest BCUT2D eigenvalue weighted by Crippen LogP contribution is -2.53. The van der Waals surface area contributed by atoms with Gasteiger partial charge in [-0.2, -0.15) is 0 Å². The van der Waals surface area contributed by atoms with Crippen LogP contribution in [0.4, 0.5) is 4.79 Å². The van der Waals surface area contributed by atoms with Gasteiger partial charge in [0, 0.05) is 44.1 Å². The van der Waals surface area contributed by atoms with E-state index >= 15 is 0 Å². The number of aryl methyl sites for hydroxylation is 1. The first kappa shape index (κ1) is 22.9. The molecule has 2 aromatic rings. The van der Waals surface area contributed by atoms with Crippen LogP contribution in [0.5, 0.6) is 5.75 Å². The summed E-state index contributed by atoms with van der Waals surface area (Å²) < 4.78 is 30.0. The summed E-state index contributed by atoms with van der Waals surface area (Å²) in [5.41, 5.74) is 1.98. The van der Waals surface area contributed by atoms with E-state index in [0.717, 1.165) is 43.4 Å². The van der Waals surface area contributed by atoms with Crippen molar-refractivity contribution in [3.63, 3.8) is 0 Å². The molecule has 2 amide bonds. The molecule has 2 aromatic carbocycles. The molecule has 1 spiro atoms. The second kappa shape index (κ2) is 8.60. The first-order chi connectivity index (χ1) is 14.8. The van der Waals surface area contributed by atoms with Gasteiger partial charge >= 0.3 is 6.03 Å². The summed E-state index contributed by atoms with van der Waals surface area (Å²) in [6.45, 7) is 1.34. The summed E-state index contributed by atoms with van der Waals surface area (Å²) in [5, 5.41) is 3.19. The summed E-state index contributed by atoms with van der Waals surface area (Å²) >= 11 is 0. The van der Waals surface area contributed by atoms with Crippen LogP contribution in [0.1, 0.15) is 42.7 Å². The Bertz CT molecular complexity index is 1100. The van der Waals surface area contributed by atoms with Crippen LogP contribution in [0.25, 0.3) is 0 Å². The van der Waals surface area contributed by atoms with Gasteiger partial charge < -0.3 is 15.0 Å². The monoisotopic (exact) mass is 476 g/mol. The van der Waals surface area contributed by atoms with Crippen LogP contribution in [0.15, 0.2) is 53.4 Å². The Morgan fingerprint density at radius 1 is 1.09 bits per heavy atom. The van der Waals surface area contributed by atoms with E-state index in [4.69, 9.17) is 4.74 Å². The van der Waals surface area contributed by atoms with Crippen LogP contribution in [0.3, 0.4) is 0 Å². The number of likely N-dealkylation sites (tertiary alicyclic amines) is 1. The molecule has 0 bridgehead atoms. The van der Waals surface area contributed by atoms with Gasteiger partial charge in [0.25, 0.3) is 0 Å². The molecule has 2 aliphatic heterocycles. The zero-order chi connectivity index (χ0) is 21.6. The standard InChI is InChI=1S/C24H28N2O4S.ClH/c1-31(28,29)19-7-8-22-18(15-19)9-10-24(30-22)11-13-26(14-12-24)23(27)25-21-16-20(21)17-5-3-2-4-6-17;/h2-8,15,20-21H,9-14,16H2,1H3,(H,25,27);1H/t20-,21+;/m1./s1. The summed E-state index contributed by atoms with van der Waals surface area (Å²) in [6.07, 6.45) is 5.46. The number of carbonyl (C=O) groups is 1. The minimum absolute atomic E-state index is 0. The fourth-order valence-electron chi connectivity index (χ4n) is 4.87. The number of benzene rings is 2. The Morgan fingerprint density at radius 3 is 2.50 bits per heavy atom. The average Bonchev–Trinajstić information content (AvgIpc) is 3.53. The number of nitrogens with zero attached hydrogens (tertiary/aromatic N) is 1. The number of urea groups is 1. The molecule has 6 nitrogen and oxygen atoms in total. The molecule has 1 aliphatic carbocycles. The zero-order valence-corrected chi connectivity index (χ0v) is 19.8. The third-order valence-corrected chi connectivity index (χ3v) is 8.04. The number of hydrogen-bond donors (Lipinski definition) is 1. The molecule has 2 heterocycles. The first-order valence-corrected chi connectivity index (χ1v) is 12.8. The molecule has 0 unspecified atom stereocenters. The normalized spacial score (nSPS) is 23.5. The van der Waals surface area contributed by atoms with Crippen molar-refractivity contribution in [3.8, 4) is 5.75 Å². The predicted octanol–water partition coefficient (Wildman–Crippen LogP) is 3.94. The van der Waals surface area contributed by atoms with Gasteiger partial charge in [-0.05, 0) is 48.6 Å². The highest BCUT2D eigenvalue weighted by molar-refractivity contribution is 7.90. The number of amides is 2. The van der Waals surface area contributed by atoms with E-state index in [2.05, 4.69) is 17.4 Å². The molecule has 1 saturated carbocycles. The van der Waals surface area contributed by atoms with E-state index in [9.17, 15) is 13.2 Å². The molecular formula is C24H29ClN2O4S. The summed E-state index contributed by atoms with van der Waals surface area (Å²) in [6, 6.07) is 15.7. The van der Waals surface area contributed by atoms with Crippen LogP contribution in [-0.2, 0) is 16.3 Å². The molecule has 2 fully saturated rings. The van der Waals surface area contributed by atoms with Crippen molar-refractivity contribution in [2.45, 2.75) is 54.6 Å². The van der Waals surface area contributed by atoms with E-state index in [1.54, 1.807) is 18.2 Å². The molecule has 1 N–H and O–H groups in total. The number of halogens is 1. The lowest BCUT2D eigenvalue weighted by Gasteiger charge is -2.44. The Hall–Kier alpha value is -2.25. The predicted molar refractivity (Wildman–Crippen MR) is 125 cm³/mol. The lowest BCUT2D eigenvalue weighted by atomic mass is 9.83. The number of fused-ring (bicyclic) bond motifs is 1.